The number of Topliss-reactive ketones (excluding diaryl/α,β-unsaturated/α-hetero) is 1. The first-order chi connectivity index (χ1) is 14.7. The van der Waals surface area contributed by atoms with E-state index in [-0.39, 0.29) is 30.6 Å². The van der Waals surface area contributed by atoms with Crippen LogP contribution in [0.15, 0.2) is 52.5 Å². The van der Waals surface area contributed by atoms with E-state index in [0.717, 1.165) is 15.6 Å². The Morgan fingerprint density at radius 3 is 2.42 bits per heavy atom. The van der Waals surface area contributed by atoms with Crippen LogP contribution in [0, 0.1) is 6.92 Å². The van der Waals surface area contributed by atoms with E-state index in [9.17, 15) is 14.7 Å². The Morgan fingerprint density at radius 2 is 1.84 bits per heavy atom. The van der Waals surface area contributed by atoms with Crippen molar-refractivity contribution < 1.29 is 24.2 Å². The summed E-state index contributed by atoms with van der Waals surface area (Å²) in [6.45, 7) is 6.26. The lowest BCUT2D eigenvalue weighted by molar-refractivity contribution is -0.140. The van der Waals surface area contributed by atoms with Gasteiger partial charge >= 0.3 is 0 Å². The zero-order valence-electron chi connectivity index (χ0n) is 18.0. The molecule has 0 aliphatic carbocycles. The van der Waals surface area contributed by atoms with Gasteiger partial charge < -0.3 is 19.5 Å². The predicted molar refractivity (Wildman–Crippen MR) is 122 cm³/mol. The first kappa shape index (κ1) is 23.0. The molecule has 7 heteroatoms. The molecule has 0 spiro atoms. The van der Waals surface area contributed by atoms with Gasteiger partial charge in [0.05, 0.1) is 24.3 Å². The number of nitrogens with zero attached hydrogens (tertiary/aromatic N) is 1. The van der Waals surface area contributed by atoms with Crippen molar-refractivity contribution in [1.82, 2.24) is 4.90 Å². The van der Waals surface area contributed by atoms with Gasteiger partial charge in [-0.25, -0.2) is 0 Å². The van der Waals surface area contributed by atoms with E-state index in [1.165, 1.54) is 12.0 Å². The van der Waals surface area contributed by atoms with Gasteiger partial charge in [0, 0.05) is 23.7 Å². The van der Waals surface area contributed by atoms with Crippen molar-refractivity contribution in [2.75, 3.05) is 20.3 Å². The molecule has 0 bridgehead atoms. The zero-order chi connectivity index (χ0) is 22.7. The number of aliphatic hydroxyl groups excluding tert-OH is 1. The number of rotatable bonds is 7. The molecule has 3 rings (SSSR count). The number of hydrogen-bond donors (Lipinski definition) is 1. The second kappa shape index (κ2) is 9.66. The Bertz CT molecular complexity index is 1010. The third-order valence-electron chi connectivity index (χ3n) is 5.07. The van der Waals surface area contributed by atoms with E-state index in [1.807, 2.05) is 45.0 Å². The molecule has 0 radical (unpaired) electrons. The number of aliphatic hydroxyl groups is 1. The fourth-order valence-corrected chi connectivity index (χ4v) is 3.89. The van der Waals surface area contributed by atoms with Gasteiger partial charge in [0.1, 0.15) is 11.5 Å². The number of benzene rings is 2. The standard InChI is InChI=1S/C24H26BrNO5/c1-14(2)31-19-10-7-17(13-15(19)3)22(27)20-21(16-5-8-18(25)9-6-16)26(11-12-30-4)24(29)23(20)28/h5-10,13-14,21,27H,11-12H2,1-4H3/b22-20+. The van der Waals surface area contributed by atoms with Gasteiger partial charge in [0.2, 0.25) is 0 Å². The van der Waals surface area contributed by atoms with Crippen LogP contribution in [-0.2, 0) is 14.3 Å². The molecule has 2 aromatic carbocycles. The van der Waals surface area contributed by atoms with Crippen LogP contribution in [0.3, 0.4) is 0 Å². The molecular weight excluding hydrogens is 462 g/mol. The lowest BCUT2D eigenvalue weighted by atomic mass is 9.95. The molecule has 1 amide bonds. The molecule has 1 aliphatic rings. The summed E-state index contributed by atoms with van der Waals surface area (Å²) in [5.41, 5.74) is 2.09. The summed E-state index contributed by atoms with van der Waals surface area (Å²) in [7, 11) is 1.54. The van der Waals surface area contributed by atoms with Gasteiger partial charge in [-0.1, -0.05) is 28.1 Å². The topological polar surface area (TPSA) is 76.1 Å². The van der Waals surface area contributed by atoms with Crippen molar-refractivity contribution in [1.29, 1.82) is 0 Å². The van der Waals surface area contributed by atoms with E-state index in [4.69, 9.17) is 9.47 Å². The van der Waals surface area contributed by atoms with Crippen LogP contribution >= 0.6 is 15.9 Å². The average Bonchev–Trinajstić information content (AvgIpc) is 2.98. The summed E-state index contributed by atoms with van der Waals surface area (Å²) < 4.78 is 11.8. The van der Waals surface area contributed by atoms with Crippen LogP contribution in [0.25, 0.3) is 5.76 Å². The van der Waals surface area contributed by atoms with Crippen LogP contribution < -0.4 is 4.74 Å². The summed E-state index contributed by atoms with van der Waals surface area (Å²) in [6.07, 6.45) is 0.0154. The Balaban J connectivity index is 2.11. The van der Waals surface area contributed by atoms with Crippen LogP contribution in [0.1, 0.15) is 36.6 Å². The fourth-order valence-electron chi connectivity index (χ4n) is 3.63. The molecule has 1 atom stereocenters. The van der Waals surface area contributed by atoms with Crippen molar-refractivity contribution in [3.05, 3.63) is 69.2 Å². The molecule has 6 nitrogen and oxygen atoms in total. The summed E-state index contributed by atoms with van der Waals surface area (Å²) >= 11 is 3.41. The minimum absolute atomic E-state index is 0.0154. The quantitative estimate of drug-likeness (QED) is 0.350. The maximum Gasteiger partial charge on any atom is 0.295 e. The Hall–Kier alpha value is -2.64. The minimum atomic E-state index is -0.707. The predicted octanol–water partition coefficient (Wildman–Crippen LogP) is 4.61. The number of methoxy groups -OCH3 is 1. The first-order valence-electron chi connectivity index (χ1n) is 10.0. The molecular formula is C24H26BrNO5. The second-order valence-corrected chi connectivity index (χ2v) is 8.60. The van der Waals surface area contributed by atoms with Crippen LogP contribution in [0.5, 0.6) is 5.75 Å². The highest BCUT2D eigenvalue weighted by Gasteiger charge is 2.45. The highest BCUT2D eigenvalue weighted by molar-refractivity contribution is 9.10. The summed E-state index contributed by atoms with van der Waals surface area (Å²) in [6, 6.07) is 11.9. The lowest BCUT2D eigenvalue weighted by Gasteiger charge is -2.25. The molecule has 0 aromatic heterocycles. The molecule has 1 N–H and O–H groups in total. The highest BCUT2D eigenvalue weighted by Crippen LogP contribution is 2.40. The number of hydrogen-bond acceptors (Lipinski definition) is 5. The molecule has 2 aromatic rings. The molecule has 1 fully saturated rings. The molecule has 1 unspecified atom stereocenters. The third-order valence-corrected chi connectivity index (χ3v) is 5.60. The van der Waals surface area contributed by atoms with Gasteiger partial charge in [-0.05, 0) is 62.2 Å². The fraction of sp³-hybridized carbons (Fsp3) is 0.333. The monoisotopic (exact) mass is 487 g/mol. The maximum atomic E-state index is 13.0. The van der Waals surface area contributed by atoms with E-state index in [1.54, 1.807) is 18.2 Å². The lowest BCUT2D eigenvalue weighted by Crippen LogP contribution is -2.32. The number of amides is 1. The van der Waals surface area contributed by atoms with Crippen molar-refractivity contribution in [2.24, 2.45) is 0 Å². The number of carbonyl (C=O) groups is 2. The van der Waals surface area contributed by atoms with E-state index in [0.29, 0.717) is 11.3 Å². The van der Waals surface area contributed by atoms with Crippen molar-refractivity contribution in [3.8, 4) is 5.75 Å². The second-order valence-electron chi connectivity index (χ2n) is 7.68. The van der Waals surface area contributed by atoms with E-state index >= 15 is 0 Å². The third kappa shape index (κ3) is 4.83. The molecule has 0 saturated carbocycles. The van der Waals surface area contributed by atoms with Crippen LogP contribution in [0.4, 0.5) is 0 Å². The number of halogens is 1. The number of likely N-dealkylation sites (tertiary alicyclic amines) is 1. The van der Waals surface area contributed by atoms with E-state index in [2.05, 4.69) is 15.9 Å². The number of carbonyl (C=O) groups excluding carboxylic acids is 2. The summed E-state index contributed by atoms with van der Waals surface area (Å²) in [4.78, 5) is 27.2. The SMILES string of the molecule is COCCN1C(=O)C(=O)/C(=C(/O)c2ccc(OC(C)C)c(C)c2)C1c1ccc(Br)cc1. The maximum absolute atomic E-state index is 13.0. The Kier molecular flexibility index (Phi) is 7.18. The van der Waals surface area contributed by atoms with Gasteiger partial charge in [-0.2, -0.15) is 0 Å². The molecule has 1 heterocycles. The van der Waals surface area contributed by atoms with Gasteiger partial charge in [-0.3, -0.25) is 9.59 Å². The van der Waals surface area contributed by atoms with Crippen molar-refractivity contribution >= 4 is 33.4 Å². The normalized spacial score (nSPS) is 18.1. The highest BCUT2D eigenvalue weighted by atomic mass is 79.9. The largest absolute Gasteiger partial charge is 0.507 e. The molecule has 1 aliphatic heterocycles. The van der Waals surface area contributed by atoms with Gasteiger partial charge in [0.15, 0.2) is 0 Å². The molecule has 164 valence electrons. The number of aryl methyl sites for hydroxylation is 1. The van der Waals surface area contributed by atoms with Crippen molar-refractivity contribution in [2.45, 2.75) is 32.9 Å². The summed E-state index contributed by atoms with van der Waals surface area (Å²) in [5, 5.41) is 11.1. The van der Waals surface area contributed by atoms with E-state index < -0.39 is 17.7 Å². The van der Waals surface area contributed by atoms with Crippen LogP contribution in [-0.4, -0.2) is 48.1 Å². The van der Waals surface area contributed by atoms with Crippen molar-refractivity contribution in [3.63, 3.8) is 0 Å². The first-order valence-corrected chi connectivity index (χ1v) is 10.8. The Labute approximate surface area is 190 Å². The molecule has 1 saturated heterocycles. The average molecular weight is 488 g/mol. The number of ether oxygens (including phenoxy) is 2. The minimum Gasteiger partial charge on any atom is -0.507 e. The zero-order valence-corrected chi connectivity index (χ0v) is 19.6. The summed E-state index contributed by atoms with van der Waals surface area (Å²) in [5.74, 6) is -0.855. The smallest absolute Gasteiger partial charge is 0.295 e. The Morgan fingerprint density at radius 1 is 1.16 bits per heavy atom. The number of ketones is 1. The van der Waals surface area contributed by atoms with Gasteiger partial charge in [-0.15, -0.1) is 0 Å². The molecule has 31 heavy (non-hydrogen) atoms. The van der Waals surface area contributed by atoms with Gasteiger partial charge in [0.25, 0.3) is 11.7 Å². The van der Waals surface area contributed by atoms with Crippen LogP contribution in [0.2, 0.25) is 0 Å².